The SMILES string of the molecule is C[N+](C)(C/C=C/C(=O)Nc1cncc2ncnc(Nc3ccc(F)c(Br)c3)c12)Cc1c([N+](=O)[O-])ncn1CCC(N)=O.[Br-]. The van der Waals surface area contributed by atoms with E-state index < -0.39 is 22.6 Å². The van der Waals surface area contributed by atoms with Crippen LogP contribution in [0.15, 0.2) is 59.9 Å². The van der Waals surface area contributed by atoms with E-state index in [-0.39, 0.29) is 51.3 Å². The highest BCUT2D eigenvalue weighted by Gasteiger charge is 2.28. The lowest BCUT2D eigenvalue weighted by molar-refractivity contribution is -0.898. The van der Waals surface area contributed by atoms with Crippen molar-refractivity contribution >= 4 is 61.7 Å². The first-order chi connectivity index (χ1) is 19.9. The largest absolute Gasteiger partial charge is 1.00 e. The molecule has 4 rings (SSSR count). The van der Waals surface area contributed by atoms with Crippen LogP contribution in [0, 0.1) is 15.9 Å². The number of halogens is 3. The van der Waals surface area contributed by atoms with Gasteiger partial charge in [0.1, 0.15) is 24.5 Å². The zero-order valence-corrected chi connectivity index (χ0v) is 26.2. The Labute approximate surface area is 263 Å². The number of nitro groups is 1. The number of rotatable bonds is 12. The molecule has 2 amide bonds. The lowest BCUT2D eigenvalue weighted by Gasteiger charge is -2.28. The number of hydrogen-bond donors (Lipinski definition) is 3. The number of fused-ring (bicyclic) bond motifs is 1. The molecule has 0 aliphatic carbocycles. The van der Waals surface area contributed by atoms with Gasteiger partial charge in [0.05, 0.1) is 54.1 Å². The van der Waals surface area contributed by atoms with Gasteiger partial charge in [-0.25, -0.2) is 14.4 Å². The van der Waals surface area contributed by atoms with E-state index in [4.69, 9.17) is 5.73 Å². The third-order valence-corrected chi connectivity index (χ3v) is 6.74. The minimum atomic E-state index is -0.570. The maximum atomic E-state index is 13.7. The number of primary amides is 1. The summed E-state index contributed by atoms with van der Waals surface area (Å²) in [5.41, 5.74) is 6.97. The summed E-state index contributed by atoms with van der Waals surface area (Å²) in [4.78, 5) is 51.6. The summed E-state index contributed by atoms with van der Waals surface area (Å²) < 4.78 is 15.8. The first kappa shape index (κ1) is 33.2. The fraction of sp³-hybridized carbons (Fsp3) is 0.231. The standard InChI is InChI=1S/C26H26BrFN10O4.BrH/c1-38(2,13-21-26(37(41)42)33-15-36(21)8-7-22(29)39)9-3-4-23(40)35-20-12-30-11-19-24(20)25(32-14-31-19)34-16-5-6-18(28)17(27)10-16;/h3-6,10-12,14-15H,7-9,13H2,1-2H3,(H3-,29,31,32,34,35,39,40);1H/b4-3+;. The Morgan fingerprint density at radius 2 is 2.00 bits per heavy atom. The number of aromatic nitrogens is 5. The highest BCUT2D eigenvalue weighted by molar-refractivity contribution is 9.10. The molecule has 4 aromatic rings. The van der Waals surface area contributed by atoms with Gasteiger partial charge < -0.3 is 52.5 Å². The van der Waals surface area contributed by atoms with E-state index in [1.807, 2.05) is 14.1 Å². The molecule has 0 fully saturated rings. The van der Waals surface area contributed by atoms with Crippen LogP contribution in [0.1, 0.15) is 12.1 Å². The average Bonchev–Trinajstić information content (AvgIpc) is 3.31. The van der Waals surface area contributed by atoms with E-state index >= 15 is 0 Å². The van der Waals surface area contributed by atoms with Crippen molar-refractivity contribution in [1.82, 2.24) is 24.5 Å². The highest BCUT2D eigenvalue weighted by atomic mass is 79.9. The van der Waals surface area contributed by atoms with Gasteiger partial charge >= 0.3 is 5.82 Å². The lowest BCUT2D eigenvalue weighted by Crippen LogP contribution is -3.00. The predicted octanol–water partition coefficient (Wildman–Crippen LogP) is 0.425. The average molecular weight is 722 g/mol. The molecule has 0 bridgehead atoms. The van der Waals surface area contributed by atoms with E-state index in [2.05, 4.69) is 46.5 Å². The number of likely N-dealkylation sites (N-methyl/N-ethyl adjacent to an activating group) is 1. The van der Waals surface area contributed by atoms with E-state index in [0.29, 0.717) is 40.3 Å². The monoisotopic (exact) mass is 720 g/mol. The zero-order valence-electron chi connectivity index (χ0n) is 23.0. The summed E-state index contributed by atoms with van der Waals surface area (Å²) in [6, 6.07) is 4.41. The Morgan fingerprint density at radius 1 is 1.23 bits per heavy atom. The lowest BCUT2D eigenvalue weighted by atomic mass is 10.2. The van der Waals surface area contributed by atoms with Gasteiger partial charge in [0.15, 0.2) is 5.69 Å². The molecule has 3 heterocycles. The molecule has 43 heavy (non-hydrogen) atoms. The Balaban J connectivity index is 0.00000506. The molecule has 0 atom stereocenters. The molecular formula is C26H27Br2FN10O4. The van der Waals surface area contributed by atoms with E-state index in [1.165, 1.54) is 37.2 Å². The summed E-state index contributed by atoms with van der Waals surface area (Å²) in [6.45, 7) is 0.719. The predicted molar refractivity (Wildman–Crippen MR) is 156 cm³/mol. The van der Waals surface area contributed by atoms with Crippen LogP contribution in [0.2, 0.25) is 0 Å². The number of imidazole rings is 1. The fourth-order valence-electron chi connectivity index (χ4n) is 4.13. The molecule has 3 aromatic heterocycles. The second-order valence-corrected chi connectivity index (χ2v) is 10.8. The van der Waals surface area contributed by atoms with Gasteiger partial charge in [0, 0.05) is 24.7 Å². The maximum Gasteiger partial charge on any atom is 0.390 e. The topological polar surface area (TPSA) is 184 Å². The number of carbonyl (C=O) groups is 2. The van der Waals surface area contributed by atoms with Crippen molar-refractivity contribution < 1.29 is 40.4 Å². The molecule has 0 radical (unpaired) electrons. The van der Waals surface area contributed by atoms with E-state index in [0.717, 1.165) is 0 Å². The minimum absolute atomic E-state index is 0. The number of amides is 2. The summed E-state index contributed by atoms with van der Waals surface area (Å²) in [5.74, 6) is -1.30. The molecule has 0 saturated heterocycles. The van der Waals surface area contributed by atoms with Crippen LogP contribution >= 0.6 is 15.9 Å². The summed E-state index contributed by atoms with van der Waals surface area (Å²) >= 11 is 3.16. The van der Waals surface area contributed by atoms with Gasteiger partial charge in [-0.2, -0.15) is 0 Å². The molecule has 0 aliphatic heterocycles. The Bertz CT molecular complexity index is 1690. The van der Waals surface area contributed by atoms with Gasteiger partial charge in [0.2, 0.25) is 18.1 Å². The summed E-state index contributed by atoms with van der Waals surface area (Å²) in [5, 5.41) is 17.9. The van der Waals surface area contributed by atoms with Gasteiger partial charge in [0.25, 0.3) is 0 Å². The van der Waals surface area contributed by atoms with Crippen molar-refractivity contribution in [3.63, 3.8) is 0 Å². The smallest absolute Gasteiger partial charge is 0.390 e. The number of hydrogen-bond acceptors (Lipinski definition) is 9. The van der Waals surface area contributed by atoms with Gasteiger partial charge in [-0.05, 0) is 50.1 Å². The molecule has 0 unspecified atom stereocenters. The Morgan fingerprint density at radius 3 is 2.70 bits per heavy atom. The minimum Gasteiger partial charge on any atom is -1.00 e. The zero-order chi connectivity index (χ0) is 30.4. The van der Waals surface area contributed by atoms with E-state index in [1.54, 1.807) is 22.8 Å². The molecule has 0 saturated carbocycles. The van der Waals surface area contributed by atoms with Gasteiger partial charge in [-0.1, -0.05) is 0 Å². The summed E-state index contributed by atoms with van der Waals surface area (Å²) in [6.07, 6.45) is 8.68. The second-order valence-electron chi connectivity index (χ2n) is 9.91. The number of nitrogens with two attached hydrogens (primary N) is 1. The number of pyridine rings is 1. The molecule has 17 heteroatoms. The normalized spacial score (nSPS) is 11.3. The van der Waals surface area contributed by atoms with Crippen LogP contribution in [0.3, 0.4) is 0 Å². The first-order valence-corrected chi connectivity index (χ1v) is 13.3. The molecule has 14 nitrogen and oxygen atoms in total. The number of nitrogens with one attached hydrogen (secondary N) is 2. The molecule has 0 aliphatic rings. The van der Waals surface area contributed by atoms with Crippen LogP contribution in [-0.2, 0) is 22.7 Å². The van der Waals surface area contributed by atoms with E-state index in [9.17, 15) is 24.1 Å². The van der Waals surface area contributed by atoms with Crippen molar-refractivity contribution in [2.45, 2.75) is 19.5 Å². The number of nitrogens with zero attached hydrogens (tertiary/aromatic N) is 7. The van der Waals surface area contributed by atoms with Crippen molar-refractivity contribution in [3.05, 3.63) is 81.5 Å². The third kappa shape index (κ3) is 8.59. The van der Waals surface area contributed by atoms with Gasteiger partial charge in [-0.3, -0.25) is 14.6 Å². The quantitative estimate of drug-likeness (QED) is 0.0808. The number of benzene rings is 1. The first-order valence-electron chi connectivity index (χ1n) is 12.5. The van der Waals surface area contributed by atoms with Crippen molar-refractivity contribution in [1.29, 1.82) is 0 Å². The number of anilines is 3. The Hall–Kier alpha value is -4.35. The number of aryl methyl sites for hydroxylation is 1. The number of carbonyl (C=O) groups excluding carboxylic acids is 2. The van der Waals surface area contributed by atoms with Crippen LogP contribution in [0.25, 0.3) is 10.9 Å². The second kappa shape index (κ2) is 14.2. The molecule has 1 aromatic carbocycles. The molecule has 0 spiro atoms. The molecule has 4 N–H and O–H groups in total. The van der Waals surface area contributed by atoms with Crippen molar-refractivity contribution in [3.8, 4) is 0 Å². The highest BCUT2D eigenvalue weighted by Crippen LogP contribution is 2.30. The van der Waals surface area contributed by atoms with Crippen LogP contribution in [-0.4, -0.2) is 66.4 Å². The van der Waals surface area contributed by atoms with Gasteiger partial charge in [-0.15, -0.1) is 0 Å². The Kier molecular flexibility index (Phi) is 11.0. The fourth-order valence-corrected chi connectivity index (χ4v) is 4.51. The molecular weight excluding hydrogens is 695 g/mol. The van der Waals surface area contributed by atoms with Crippen molar-refractivity contribution in [2.75, 3.05) is 31.3 Å². The summed E-state index contributed by atoms with van der Waals surface area (Å²) in [7, 11) is 3.68. The van der Waals surface area contributed by atoms with Crippen LogP contribution < -0.4 is 33.3 Å². The molecule has 226 valence electrons. The maximum absolute atomic E-state index is 13.7. The van der Waals surface area contributed by atoms with Crippen LogP contribution in [0.5, 0.6) is 0 Å². The van der Waals surface area contributed by atoms with Crippen molar-refractivity contribution in [2.24, 2.45) is 5.73 Å². The number of quaternary nitrogens is 1. The third-order valence-electron chi connectivity index (χ3n) is 6.13. The van der Waals surface area contributed by atoms with Crippen LogP contribution in [0.4, 0.5) is 27.4 Å².